The molecule has 5 nitrogen and oxygen atoms in total. The van der Waals surface area contributed by atoms with Crippen molar-refractivity contribution in [3.8, 4) is 0 Å². The molecular formula is C12H12ClN3O2. The van der Waals surface area contributed by atoms with Crippen molar-refractivity contribution in [3.05, 3.63) is 38.9 Å². The van der Waals surface area contributed by atoms with Crippen LogP contribution in [0.3, 0.4) is 0 Å². The van der Waals surface area contributed by atoms with E-state index in [1.165, 1.54) is 12.1 Å². The number of nitro benzene ring substituents is 1. The van der Waals surface area contributed by atoms with Crippen LogP contribution >= 0.6 is 11.6 Å². The van der Waals surface area contributed by atoms with Gasteiger partial charge in [-0.1, -0.05) is 18.5 Å². The summed E-state index contributed by atoms with van der Waals surface area (Å²) in [6.45, 7) is 1.99. The van der Waals surface area contributed by atoms with Crippen molar-refractivity contribution in [2.75, 3.05) is 12.4 Å². The van der Waals surface area contributed by atoms with E-state index >= 15 is 0 Å². The summed E-state index contributed by atoms with van der Waals surface area (Å²) >= 11 is 6.08. The Hall–Kier alpha value is -1.88. The van der Waals surface area contributed by atoms with Crippen molar-refractivity contribution < 1.29 is 4.92 Å². The van der Waals surface area contributed by atoms with Gasteiger partial charge in [0.1, 0.15) is 5.82 Å². The summed E-state index contributed by atoms with van der Waals surface area (Å²) in [7, 11) is 1.74. The first kappa shape index (κ1) is 12.6. The van der Waals surface area contributed by atoms with Crippen LogP contribution in [0.1, 0.15) is 12.5 Å². The highest BCUT2D eigenvalue weighted by molar-refractivity contribution is 6.35. The molecule has 94 valence electrons. The molecule has 0 unspecified atom stereocenters. The molecular weight excluding hydrogens is 254 g/mol. The molecule has 0 aliphatic heterocycles. The quantitative estimate of drug-likeness (QED) is 0.682. The molecule has 1 aromatic heterocycles. The second kappa shape index (κ2) is 4.78. The Kier molecular flexibility index (Phi) is 3.34. The molecule has 1 N–H and O–H groups in total. The van der Waals surface area contributed by atoms with Gasteiger partial charge in [-0.15, -0.1) is 0 Å². The fourth-order valence-corrected chi connectivity index (χ4v) is 2.09. The topological polar surface area (TPSA) is 68.1 Å². The van der Waals surface area contributed by atoms with Gasteiger partial charge in [-0.25, -0.2) is 4.98 Å². The Morgan fingerprint density at radius 2 is 2.22 bits per heavy atom. The second-order valence-electron chi connectivity index (χ2n) is 3.82. The number of nitrogens with zero attached hydrogens (tertiary/aromatic N) is 2. The highest BCUT2D eigenvalue weighted by Crippen LogP contribution is 2.32. The first-order valence-corrected chi connectivity index (χ1v) is 5.90. The summed E-state index contributed by atoms with van der Waals surface area (Å²) in [6, 6.07) is 4.76. The van der Waals surface area contributed by atoms with Crippen LogP contribution in [0.4, 0.5) is 11.5 Å². The van der Waals surface area contributed by atoms with Gasteiger partial charge in [-0.3, -0.25) is 10.1 Å². The van der Waals surface area contributed by atoms with Gasteiger partial charge in [0.05, 0.1) is 9.95 Å². The van der Waals surface area contributed by atoms with Crippen molar-refractivity contribution >= 4 is 34.0 Å². The maximum absolute atomic E-state index is 11.0. The van der Waals surface area contributed by atoms with E-state index in [4.69, 9.17) is 11.6 Å². The van der Waals surface area contributed by atoms with Crippen LogP contribution in [-0.4, -0.2) is 17.0 Å². The number of anilines is 1. The Balaban J connectivity index is 2.86. The lowest BCUT2D eigenvalue weighted by Crippen LogP contribution is -2.00. The van der Waals surface area contributed by atoms with Crippen LogP contribution in [0.25, 0.3) is 10.9 Å². The Bertz CT molecular complexity index is 628. The summed E-state index contributed by atoms with van der Waals surface area (Å²) < 4.78 is 0. The first-order valence-electron chi connectivity index (χ1n) is 5.52. The van der Waals surface area contributed by atoms with Crippen molar-refractivity contribution in [2.45, 2.75) is 13.3 Å². The van der Waals surface area contributed by atoms with Gasteiger partial charge in [-0.2, -0.15) is 0 Å². The molecule has 18 heavy (non-hydrogen) atoms. The molecule has 0 saturated carbocycles. The van der Waals surface area contributed by atoms with Crippen molar-refractivity contribution in [1.82, 2.24) is 4.98 Å². The minimum absolute atomic E-state index is 0.0337. The first-order chi connectivity index (χ1) is 8.58. The maximum atomic E-state index is 11.0. The zero-order chi connectivity index (χ0) is 13.3. The van der Waals surface area contributed by atoms with Crippen LogP contribution in [0, 0.1) is 10.1 Å². The summed E-state index contributed by atoms with van der Waals surface area (Å²) in [6.07, 6.45) is 0.776. The summed E-state index contributed by atoms with van der Waals surface area (Å²) in [5.41, 5.74) is 1.26. The normalized spacial score (nSPS) is 10.6. The molecule has 6 heteroatoms. The molecule has 0 atom stereocenters. The Morgan fingerprint density at radius 3 is 2.78 bits per heavy atom. The van der Waals surface area contributed by atoms with E-state index in [0.717, 1.165) is 12.0 Å². The van der Waals surface area contributed by atoms with Gasteiger partial charge in [0.2, 0.25) is 0 Å². The van der Waals surface area contributed by atoms with E-state index in [-0.39, 0.29) is 5.69 Å². The molecule has 0 spiro atoms. The average Bonchev–Trinajstić information content (AvgIpc) is 2.37. The number of non-ortho nitro benzene ring substituents is 1. The van der Waals surface area contributed by atoms with Crippen molar-refractivity contribution in [1.29, 1.82) is 0 Å². The van der Waals surface area contributed by atoms with E-state index in [1.54, 1.807) is 7.05 Å². The summed E-state index contributed by atoms with van der Waals surface area (Å²) in [5.74, 6) is 0.648. The van der Waals surface area contributed by atoms with Crippen molar-refractivity contribution in [2.24, 2.45) is 0 Å². The number of hydrogen-bond donors (Lipinski definition) is 1. The molecule has 0 radical (unpaired) electrons. The van der Waals surface area contributed by atoms with Gasteiger partial charge in [0, 0.05) is 18.5 Å². The number of hydrogen-bond acceptors (Lipinski definition) is 4. The van der Waals surface area contributed by atoms with Crippen molar-refractivity contribution in [3.63, 3.8) is 0 Å². The minimum atomic E-state index is -0.448. The van der Waals surface area contributed by atoms with E-state index < -0.39 is 4.92 Å². The number of halogens is 1. The Labute approximate surface area is 109 Å². The molecule has 0 aliphatic rings. The molecule has 1 aromatic carbocycles. The number of nitrogens with one attached hydrogen (secondary N) is 1. The zero-order valence-electron chi connectivity index (χ0n) is 10.0. The lowest BCUT2D eigenvalue weighted by Gasteiger charge is -2.09. The van der Waals surface area contributed by atoms with E-state index in [9.17, 15) is 10.1 Å². The molecule has 2 aromatic rings. The average molecular weight is 266 g/mol. The minimum Gasteiger partial charge on any atom is -0.373 e. The number of aromatic nitrogens is 1. The lowest BCUT2D eigenvalue weighted by atomic mass is 10.1. The molecule has 0 aliphatic carbocycles. The number of benzene rings is 1. The third-order valence-corrected chi connectivity index (χ3v) is 3.13. The van der Waals surface area contributed by atoms with Gasteiger partial charge < -0.3 is 5.32 Å². The monoisotopic (exact) mass is 265 g/mol. The Morgan fingerprint density at radius 1 is 1.50 bits per heavy atom. The van der Waals surface area contributed by atoms with Gasteiger partial charge in [0.15, 0.2) is 5.52 Å². The van der Waals surface area contributed by atoms with Crippen LogP contribution in [0.5, 0.6) is 0 Å². The molecule has 0 amide bonds. The number of aryl methyl sites for hydroxylation is 1. The number of rotatable bonds is 3. The van der Waals surface area contributed by atoms with Crippen LogP contribution in [-0.2, 0) is 6.42 Å². The van der Waals surface area contributed by atoms with E-state index in [0.29, 0.717) is 21.7 Å². The van der Waals surface area contributed by atoms with Gasteiger partial charge >= 0.3 is 0 Å². The van der Waals surface area contributed by atoms with Crippen LogP contribution < -0.4 is 5.32 Å². The third kappa shape index (κ3) is 1.97. The number of pyridine rings is 1. The lowest BCUT2D eigenvalue weighted by molar-refractivity contribution is -0.383. The SMILES string of the molecule is CCc1cc2c(Cl)ccc([N+](=O)[O-])c2nc1NC. The van der Waals surface area contributed by atoms with E-state index in [2.05, 4.69) is 10.3 Å². The molecule has 2 rings (SSSR count). The fourth-order valence-electron chi connectivity index (χ4n) is 1.89. The summed E-state index contributed by atoms with van der Waals surface area (Å²) in [5, 5.41) is 15.0. The molecule has 0 saturated heterocycles. The van der Waals surface area contributed by atoms with Gasteiger partial charge in [-0.05, 0) is 24.1 Å². The number of nitro groups is 1. The molecule has 0 fully saturated rings. The highest BCUT2D eigenvalue weighted by atomic mass is 35.5. The van der Waals surface area contributed by atoms with E-state index in [1.807, 2.05) is 13.0 Å². The fraction of sp³-hybridized carbons (Fsp3) is 0.250. The molecule has 0 bridgehead atoms. The summed E-state index contributed by atoms with van der Waals surface area (Å²) in [4.78, 5) is 14.8. The largest absolute Gasteiger partial charge is 0.373 e. The molecule has 1 heterocycles. The van der Waals surface area contributed by atoms with Gasteiger partial charge in [0.25, 0.3) is 5.69 Å². The second-order valence-corrected chi connectivity index (χ2v) is 4.23. The standard InChI is InChI=1S/C12H12ClN3O2/c1-3-7-6-8-9(13)4-5-10(16(17)18)11(8)15-12(7)14-2/h4-6H,3H2,1-2H3,(H,14,15). The van der Waals surface area contributed by atoms with Crippen LogP contribution in [0.2, 0.25) is 5.02 Å². The zero-order valence-corrected chi connectivity index (χ0v) is 10.8. The predicted molar refractivity (Wildman–Crippen MR) is 72.3 cm³/mol. The van der Waals surface area contributed by atoms with Crippen LogP contribution in [0.15, 0.2) is 18.2 Å². The predicted octanol–water partition coefficient (Wildman–Crippen LogP) is 3.40. The third-order valence-electron chi connectivity index (χ3n) is 2.80. The highest BCUT2D eigenvalue weighted by Gasteiger charge is 2.17. The maximum Gasteiger partial charge on any atom is 0.295 e. The number of fused-ring (bicyclic) bond motifs is 1. The smallest absolute Gasteiger partial charge is 0.295 e.